The molecular weight excluding hydrogens is 436 g/mol. The SMILES string of the molecule is CC(C)S(=O)(=O)N[C@@H]1Cc2ccc(Cn3nc(C(F)(F)F)cc3C(F)(F)F)cc2C1. The summed E-state index contributed by atoms with van der Waals surface area (Å²) < 4.78 is 105. The topological polar surface area (TPSA) is 64.0 Å². The Morgan fingerprint density at radius 3 is 2.27 bits per heavy atom. The van der Waals surface area contributed by atoms with E-state index in [1.54, 1.807) is 26.0 Å². The van der Waals surface area contributed by atoms with Crippen LogP contribution in [0.4, 0.5) is 26.3 Å². The van der Waals surface area contributed by atoms with Gasteiger partial charge in [-0.25, -0.2) is 13.1 Å². The highest BCUT2D eigenvalue weighted by Crippen LogP contribution is 2.35. The van der Waals surface area contributed by atoms with Gasteiger partial charge in [0, 0.05) is 12.1 Å². The Bertz CT molecular complexity index is 1040. The lowest BCUT2D eigenvalue weighted by molar-refractivity contribution is -0.144. The first kappa shape index (κ1) is 22.6. The summed E-state index contributed by atoms with van der Waals surface area (Å²) in [5.41, 5.74) is -1.19. The minimum Gasteiger partial charge on any atom is -0.255 e. The van der Waals surface area contributed by atoms with Gasteiger partial charge in [0.25, 0.3) is 0 Å². The second kappa shape index (κ2) is 7.56. The largest absolute Gasteiger partial charge is 0.435 e. The third-order valence-electron chi connectivity index (χ3n) is 4.85. The Balaban J connectivity index is 1.83. The van der Waals surface area contributed by atoms with Crippen LogP contribution in [0.1, 0.15) is 41.9 Å². The van der Waals surface area contributed by atoms with Gasteiger partial charge in [0.05, 0.1) is 11.8 Å². The molecule has 0 bridgehead atoms. The van der Waals surface area contributed by atoms with Crippen LogP contribution in [0.3, 0.4) is 0 Å². The molecule has 0 radical (unpaired) electrons. The summed E-state index contributed by atoms with van der Waals surface area (Å²) in [5, 5.41) is 2.49. The molecule has 1 atom stereocenters. The summed E-state index contributed by atoms with van der Waals surface area (Å²) in [7, 11) is -3.49. The van der Waals surface area contributed by atoms with E-state index in [-0.39, 0.29) is 12.1 Å². The molecule has 1 N–H and O–H groups in total. The highest BCUT2D eigenvalue weighted by atomic mass is 32.2. The van der Waals surface area contributed by atoms with Gasteiger partial charge in [-0.3, -0.25) is 4.68 Å². The van der Waals surface area contributed by atoms with Crippen molar-refractivity contribution >= 4 is 10.0 Å². The van der Waals surface area contributed by atoms with E-state index in [1.807, 2.05) is 0 Å². The van der Waals surface area contributed by atoms with E-state index < -0.39 is 45.6 Å². The van der Waals surface area contributed by atoms with E-state index in [9.17, 15) is 34.8 Å². The van der Waals surface area contributed by atoms with E-state index in [0.29, 0.717) is 23.1 Å². The number of hydrogen-bond donors (Lipinski definition) is 1. The van der Waals surface area contributed by atoms with Crippen molar-refractivity contribution in [1.82, 2.24) is 14.5 Å². The predicted octanol–water partition coefficient (Wildman–Crippen LogP) is 3.76. The van der Waals surface area contributed by atoms with Crippen LogP contribution in [0.2, 0.25) is 0 Å². The smallest absolute Gasteiger partial charge is 0.255 e. The van der Waals surface area contributed by atoms with Crippen molar-refractivity contribution in [2.24, 2.45) is 0 Å². The van der Waals surface area contributed by atoms with Crippen LogP contribution in [0.5, 0.6) is 0 Å². The van der Waals surface area contributed by atoms with Crippen LogP contribution in [-0.4, -0.2) is 29.5 Å². The van der Waals surface area contributed by atoms with Crippen LogP contribution in [0, 0.1) is 0 Å². The number of halogens is 6. The molecule has 0 fully saturated rings. The van der Waals surface area contributed by atoms with Crippen LogP contribution in [0.25, 0.3) is 0 Å². The molecule has 0 saturated heterocycles. The minimum atomic E-state index is -5.00. The van der Waals surface area contributed by atoms with E-state index in [1.165, 1.54) is 6.07 Å². The molecule has 0 spiro atoms. The molecule has 30 heavy (non-hydrogen) atoms. The molecule has 0 aliphatic heterocycles. The highest BCUT2D eigenvalue weighted by Gasteiger charge is 2.41. The normalized spacial score (nSPS) is 17.6. The Hall–Kier alpha value is -2.08. The zero-order chi connectivity index (χ0) is 22.5. The molecule has 1 aliphatic rings. The van der Waals surface area contributed by atoms with Crippen molar-refractivity contribution in [2.75, 3.05) is 0 Å². The number of nitrogens with one attached hydrogen (secondary N) is 1. The monoisotopic (exact) mass is 455 g/mol. The molecule has 1 heterocycles. The number of sulfonamides is 1. The van der Waals surface area contributed by atoms with Crippen molar-refractivity contribution in [3.63, 3.8) is 0 Å². The number of alkyl halides is 6. The molecule has 166 valence electrons. The molecule has 1 aromatic heterocycles. The minimum absolute atomic E-state index is 0.00983. The fourth-order valence-corrected chi connectivity index (χ4v) is 4.20. The van der Waals surface area contributed by atoms with E-state index in [2.05, 4.69) is 9.82 Å². The highest BCUT2D eigenvalue weighted by molar-refractivity contribution is 7.90. The summed E-state index contributed by atoms with van der Waals surface area (Å²) in [6.07, 6.45) is -9.22. The number of nitrogens with zero attached hydrogens (tertiary/aromatic N) is 2. The van der Waals surface area contributed by atoms with E-state index in [4.69, 9.17) is 0 Å². The fourth-order valence-electron chi connectivity index (χ4n) is 3.30. The Labute approximate surface area is 169 Å². The summed E-state index contributed by atoms with van der Waals surface area (Å²) in [6.45, 7) is 2.58. The van der Waals surface area contributed by atoms with Gasteiger partial charge < -0.3 is 0 Å². The van der Waals surface area contributed by atoms with Crippen molar-refractivity contribution in [3.05, 3.63) is 52.3 Å². The van der Waals surface area contributed by atoms with Crippen LogP contribution in [0.15, 0.2) is 24.3 Å². The Morgan fingerprint density at radius 2 is 1.70 bits per heavy atom. The zero-order valence-corrected chi connectivity index (χ0v) is 16.8. The number of fused-ring (bicyclic) bond motifs is 1. The quantitative estimate of drug-likeness (QED) is 0.699. The maximum atomic E-state index is 13.2. The van der Waals surface area contributed by atoms with Gasteiger partial charge in [0.1, 0.15) is 5.69 Å². The van der Waals surface area contributed by atoms with Crippen molar-refractivity contribution < 1.29 is 34.8 Å². The first-order valence-electron chi connectivity index (χ1n) is 9.01. The number of benzene rings is 1. The molecule has 12 heteroatoms. The third-order valence-corrected chi connectivity index (χ3v) is 6.75. The van der Waals surface area contributed by atoms with E-state index in [0.717, 1.165) is 11.1 Å². The third kappa shape index (κ3) is 4.80. The van der Waals surface area contributed by atoms with Gasteiger partial charge in [-0.1, -0.05) is 18.2 Å². The van der Waals surface area contributed by atoms with Crippen molar-refractivity contribution in [2.45, 2.75) is 56.9 Å². The summed E-state index contributed by atoms with van der Waals surface area (Å²) in [5.74, 6) is 0. The van der Waals surface area contributed by atoms with Crippen LogP contribution >= 0.6 is 0 Å². The predicted molar refractivity (Wildman–Crippen MR) is 96.2 cm³/mol. The zero-order valence-electron chi connectivity index (χ0n) is 16.0. The standard InChI is InChI=1S/C18H19F6N3O2S/c1-10(2)30(28,29)26-14-6-12-4-3-11(5-13(12)7-14)9-27-16(18(22,23)24)8-15(25-27)17(19,20)21/h3-5,8,10,14,26H,6-7,9H2,1-2H3/t14-/m1/s1. The molecular formula is C18H19F6N3O2S. The number of rotatable bonds is 5. The molecule has 1 aliphatic carbocycles. The average Bonchev–Trinajstić information content (AvgIpc) is 3.16. The van der Waals surface area contributed by atoms with Gasteiger partial charge in [-0.2, -0.15) is 31.4 Å². The van der Waals surface area contributed by atoms with Gasteiger partial charge in [0.2, 0.25) is 10.0 Å². The lowest BCUT2D eigenvalue weighted by Crippen LogP contribution is -2.39. The molecule has 2 aromatic rings. The van der Waals surface area contributed by atoms with Gasteiger partial charge in [-0.15, -0.1) is 0 Å². The molecule has 0 unspecified atom stereocenters. The maximum absolute atomic E-state index is 13.2. The average molecular weight is 455 g/mol. The second-order valence-electron chi connectivity index (χ2n) is 7.49. The second-order valence-corrected chi connectivity index (χ2v) is 9.76. The first-order valence-corrected chi connectivity index (χ1v) is 10.6. The lowest BCUT2D eigenvalue weighted by Gasteiger charge is -2.14. The van der Waals surface area contributed by atoms with Gasteiger partial charge in [0.15, 0.2) is 5.69 Å². The van der Waals surface area contributed by atoms with Gasteiger partial charge >= 0.3 is 12.4 Å². The summed E-state index contributed by atoms with van der Waals surface area (Å²) >= 11 is 0. The lowest BCUT2D eigenvalue weighted by atomic mass is 10.1. The maximum Gasteiger partial charge on any atom is 0.435 e. The molecule has 0 saturated carbocycles. The molecule has 1 aromatic carbocycles. The first-order chi connectivity index (χ1) is 13.7. The van der Waals surface area contributed by atoms with E-state index >= 15 is 0 Å². The molecule has 0 amide bonds. The van der Waals surface area contributed by atoms with Gasteiger partial charge in [-0.05, 0) is 43.4 Å². The summed E-state index contributed by atoms with van der Waals surface area (Å²) in [6, 6.07) is 4.34. The van der Waals surface area contributed by atoms with Crippen molar-refractivity contribution in [3.8, 4) is 0 Å². The Morgan fingerprint density at radius 1 is 1.07 bits per heavy atom. The number of hydrogen-bond acceptors (Lipinski definition) is 3. The number of aromatic nitrogens is 2. The van der Waals surface area contributed by atoms with Crippen LogP contribution < -0.4 is 4.72 Å². The molecule has 3 rings (SSSR count). The van der Waals surface area contributed by atoms with Crippen LogP contribution in [-0.2, 0) is 41.8 Å². The summed E-state index contributed by atoms with van der Waals surface area (Å²) in [4.78, 5) is 0. The molecule has 5 nitrogen and oxygen atoms in total. The Kier molecular flexibility index (Phi) is 5.69. The fraction of sp³-hybridized carbons (Fsp3) is 0.500. The van der Waals surface area contributed by atoms with Crippen molar-refractivity contribution in [1.29, 1.82) is 0 Å².